The fraction of sp³-hybridized carbons (Fsp3) is 0.600. The van der Waals surface area contributed by atoms with Crippen molar-refractivity contribution in [3.8, 4) is 5.75 Å². The summed E-state index contributed by atoms with van der Waals surface area (Å²) in [7, 11) is 0. The summed E-state index contributed by atoms with van der Waals surface area (Å²) in [5.41, 5.74) is 1.53. The van der Waals surface area contributed by atoms with Gasteiger partial charge in [-0.1, -0.05) is 13.0 Å². The maximum Gasteiger partial charge on any atom is 0.308 e. The van der Waals surface area contributed by atoms with Crippen LogP contribution in [0, 0.1) is 27.4 Å². The van der Waals surface area contributed by atoms with Crippen LogP contribution in [0.2, 0.25) is 0 Å². The van der Waals surface area contributed by atoms with E-state index in [0.717, 1.165) is 30.4 Å². The molecule has 7 heteroatoms. The van der Waals surface area contributed by atoms with Crippen LogP contribution in [0.25, 0.3) is 0 Å². The maximum atomic E-state index is 12.6. The van der Waals surface area contributed by atoms with Crippen molar-refractivity contribution in [1.82, 2.24) is 0 Å². The summed E-state index contributed by atoms with van der Waals surface area (Å²) in [6.45, 7) is 3.31. The highest BCUT2D eigenvalue weighted by atomic mass is 17.0. The number of carbonyl (C=O) groups excluding carboxylic acids is 2. The zero-order valence-electron chi connectivity index (χ0n) is 15.5. The Morgan fingerprint density at radius 3 is 2.78 bits per heavy atom. The molecule has 2 saturated carbocycles. The van der Waals surface area contributed by atoms with Crippen molar-refractivity contribution in [3.63, 3.8) is 0 Å². The number of esters is 1. The molecule has 0 bridgehead atoms. The molecular formula is C20H23NO6. The first-order valence-electron chi connectivity index (χ1n) is 9.45. The molecule has 0 radical (unpaired) electrons. The highest BCUT2D eigenvalue weighted by Gasteiger charge is 2.58. The van der Waals surface area contributed by atoms with Gasteiger partial charge in [-0.15, -0.1) is 10.1 Å². The van der Waals surface area contributed by atoms with Gasteiger partial charge in [0.1, 0.15) is 17.6 Å². The van der Waals surface area contributed by atoms with E-state index in [-0.39, 0.29) is 29.5 Å². The lowest BCUT2D eigenvalue weighted by Crippen LogP contribution is -2.50. The van der Waals surface area contributed by atoms with Crippen molar-refractivity contribution in [3.05, 3.63) is 39.4 Å². The van der Waals surface area contributed by atoms with Crippen LogP contribution in [0.15, 0.2) is 18.2 Å². The van der Waals surface area contributed by atoms with E-state index in [0.29, 0.717) is 18.6 Å². The number of Topliss-reactive ketones (excluding diaryl/α,β-unsaturated/α-hetero) is 1. The molecule has 0 heterocycles. The Labute approximate surface area is 157 Å². The summed E-state index contributed by atoms with van der Waals surface area (Å²) in [5.74, 6) is 0.628. The van der Waals surface area contributed by atoms with Gasteiger partial charge >= 0.3 is 5.97 Å². The Morgan fingerprint density at radius 1 is 1.30 bits per heavy atom. The van der Waals surface area contributed by atoms with Gasteiger partial charge in [-0.3, -0.25) is 9.59 Å². The average molecular weight is 373 g/mol. The molecule has 0 amide bonds. The van der Waals surface area contributed by atoms with Crippen molar-refractivity contribution in [1.29, 1.82) is 0 Å². The Bertz CT molecular complexity index is 821. The summed E-state index contributed by atoms with van der Waals surface area (Å²) in [6.07, 6.45) is 2.80. The van der Waals surface area contributed by atoms with Gasteiger partial charge in [-0.25, -0.2) is 0 Å². The van der Waals surface area contributed by atoms with Crippen molar-refractivity contribution in [2.45, 2.75) is 58.0 Å². The van der Waals surface area contributed by atoms with Gasteiger partial charge in [0.15, 0.2) is 0 Å². The zero-order chi connectivity index (χ0) is 19.3. The molecule has 27 heavy (non-hydrogen) atoms. The molecule has 0 spiro atoms. The number of aryl methyl sites for hydroxylation is 1. The molecule has 0 N–H and O–H groups in total. The number of ether oxygens (including phenoxy) is 1. The second kappa shape index (κ2) is 6.32. The van der Waals surface area contributed by atoms with Crippen LogP contribution in [-0.4, -0.2) is 22.9 Å². The van der Waals surface area contributed by atoms with E-state index in [9.17, 15) is 19.7 Å². The summed E-state index contributed by atoms with van der Waals surface area (Å²) >= 11 is 0. The van der Waals surface area contributed by atoms with Crippen molar-refractivity contribution in [2.75, 3.05) is 0 Å². The van der Waals surface area contributed by atoms with Crippen LogP contribution in [0.5, 0.6) is 5.75 Å². The van der Waals surface area contributed by atoms with Crippen LogP contribution in [0.4, 0.5) is 0 Å². The minimum absolute atomic E-state index is 0.116. The molecular weight excluding hydrogens is 350 g/mol. The van der Waals surface area contributed by atoms with E-state index in [2.05, 4.69) is 0 Å². The SMILES string of the molecule is CC(=O)Oc1ccc2c(c1)CC[C@@H]1[C@H]2[C@@H](O[N+](=O)[O-])C[C@]2(C)C(=O)CC[C@@H]12. The van der Waals surface area contributed by atoms with Gasteiger partial charge < -0.3 is 9.57 Å². The third-order valence-electron chi connectivity index (χ3n) is 6.85. The summed E-state index contributed by atoms with van der Waals surface area (Å²) in [4.78, 5) is 40.0. The monoisotopic (exact) mass is 373 g/mol. The molecule has 0 saturated heterocycles. The van der Waals surface area contributed by atoms with Crippen molar-refractivity contribution in [2.24, 2.45) is 17.3 Å². The van der Waals surface area contributed by atoms with Crippen LogP contribution < -0.4 is 4.74 Å². The van der Waals surface area contributed by atoms with Crippen molar-refractivity contribution >= 4 is 11.8 Å². The molecule has 7 nitrogen and oxygen atoms in total. The fourth-order valence-electron chi connectivity index (χ4n) is 5.82. The predicted molar refractivity (Wildman–Crippen MR) is 94.6 cm³/mol. The predicted octanol–water partition coefficient (Wildman–Crippen LogP) is 3.22. The molecule has 2 fully saturated rings. The van der Waals surface area contributed by atoms with E-state index in [1.54, 1.807) is 6.07 Å². The molecule has 1 aromatic carbocycles. The van der Waals surface area contributed by atoms with Crippen LogP contribution in [0.1, 0.15) is 56.6 Å². The van der Waals surface area contributed by atoms with Gasteiger partial charge in [-0.05, 0) is 60.8 Å². The molecule has 144 valence electrons. The third-order valence-corrected chi connectivity index (χ3v) is 6.85. The quantitative estimate of drug-likeness (QED) is 0.349. The van der Waals surface area contributed by atoms with E-state index >= 15 is 0 Å². The Hall–Kier alpha value is -2.44. The second-order valence-corrected chi connectivity index (χ2v) is 8.24. The summed E-state index contributed by atoms with van der Waals surface area (Å²) < 4.78 is 5.18. The summed E-state index contributed by atoms with van der Waals surface area (Å²) in [6, 6.07) is 5.49. The number of hydrogen-bond acceptors (Lipinski definition) is 6. The topological polar surface area (TPSA) is 95.7 Å². The third kappa shape index (κ3) is 2.89. The van der Waals surface area contributed by atoms with Crippen LogP contribution in [-0.2, 0) is 20.8 Å². The fourth-order valence-corrected chi connectivity index (χ4v) is 5.82. The van der Waals surface area contributed by atoms with Gasteiger partial charge in [0, 0.05) is 24.7 Å². The maximum absolute atomic E-state index is 12.6. The molecule has 3 aliphatic carbocycles. The number of ketones is 1. The molecule has 0 aliphatic heterocycles. The summed E-state index contributed by atoms with van der Waals surface area (Å²) in [5, 5.41) is 10.4. The minimum atomic E-state index is -0.730. The van der Waals surface area contributed by atoms with Crippen molar-refractivity contribution < 1.29 is 24.3 Å². The van der Waals surface area contributed by atoms with Crippen LogP contribution in [0.3, 0.4) is 0 Å². The highest BCUT2D eigenvalue weighted by Crippen LogP contribution is 2.60. The molecule has 4 rings (SSSR count). The average Bonchev–Trinajstić information content (AvgIpc) is 2.88. The number of fused-ring (bicyclic) bond motifs is 5. The molecule has 0 aromatic heterocycles. The molecule has 1 aromatic rings. The van der Waals surface area contributed by atoms with Gasteiger partial charge in [0.05, 0.1) is 0 Å². The Kier molecular flexibility index (Phi) is 4.20. The first kappa shape index (κ1) is 17.9. The highest BCUT2D eigenvalue weighted by molar-refractivity contribution is 5.87. The van der Waals surface area contributed by atoms with E-state index in [1.807, 2.05) is 19.1 Å². The number of benzene rings is 1. The minimum Gasteiger partial charge on any atom is -0.427 e. The number of hydrogen-bond donors (Lipinski definition) is 0. The lowest BCUT2D eigenvalue weighted by Gasteiger charge is -2.51. The van der Waals surface area contributed by atoms with Gasteiger partial charge in [0.2, 0.25) is 0 Å². The first-order chi connectivity index (χ1) is 12.8. The number of nitrogens with zero attached hydrogens (tertiary/aromatic N) is 1. The standard InChI is InChI=1S/C20H23NO6/c1-11(22)26-13-4-6-14-12(9-13)3-5-15-16-7-8-18(23)20(16,2)10-17(19(14)15)27-21(24)25/h4,6,9,15-17,19H,3,5,7-8,10H2,1-2H3/t15-,16-,17-,19-,20-/m0/s1. The number of rotatable bonds is 3. The molecule has 5 atom stereocenters. The first-order valence-corrected chi connectivity index (χ1v) is 9.45. The normalized spacial score (nSPS) is 34.2. The molecule has 3 aliphatic rings. The lowest BCUT2D eigenvalue weighted by molar-refractivity contribution is -0.771. The van der Waals surface area contributed by atoms with E-state index in [1.165, 1.54) is 6.92 Å². The van der Waals surface area contributed by atoms with Crippen LogP contribution >= 0.6 is 0 Å². The lowest BCUT2D eigenvalue weighted by atomic mass is 9.54. The molecule has 0 unspecified atom stereocenters. The van der Waals surface area contributed by atoms with Gasteiger partial charge in [0.25, 0.3) is 5.09 Å². The smallest absolute Gasteiger partial charge is 0.308 e. The zero-order valence-corrected chi connectivity index (χ0v) is 15.5. The second-order valence-electron chi connectivity index (χ2n) is 8.24. The van der Waals surface area contributed by atoms with Gasteiger partial charge in [-0.2, -0.15) is 0 Å². The Balaban J connectivity index is 1.74. The largest absolute Gasteiger partial charge is 0.427 e. The number of carbonyl (C=O) groups is 2. The van der Waals surface area contributed by atoms with E-state index < -0.39 is 16.6 Å². The van der Waals surface area contributed by atoms with E-state index in [4.69, 9.17) is 9.57 Å². The Morgan fingerprint density at radius 2 is 2.07 bits per heavy atom.